The molecule has 1 aliphatic carbocycles. The Labute approximate surface area is 127 Å². The Morgan fingerprint density at radius 3 is 2.95 bits per heavy atom. The Hall–Kier alpha value is -0.630. The molecule has 1 N–H and O–H groups in total. The molecule has 20 heavy (non-hydrogen) atoms. The Balaban J connectivity index is 1.95. The first kappa shape index (κ1) is 14.3. The van der Waals surface area contributed by atoms with Crippen LogP contribution in [0, 0.1) is 5.92 Å². The molecule has 5 nitrogen and oxygen atoms in total. The molecule has 2 unspecified atom stereocenters. The van der Waals surface area contributed by atoms with Crippen LogP contribution in [0.3, 0.4) is 0 Å². The van der Waals surface area contributed by atoms with Crippen LogP contribution in [0.5, 0.6) is 0 Å². The highest BCUT2D eigenvalue weighted by Gasteiger charge is 2.30. The van der Waals surface area contributed by atoms with Gasteiger partial charge in [0.2, 0.25) is 0 Å². The molecule has 0 spiro atoms. The lowest BCUT2D eigenvalue weighted by Crippen LogP contribution is -2.41. The average molecular weight is 334 g/mol. The number of rotatable bonds is 3. The molecule has 2 aromatic heterocycles. The van der Waals surface area contributed by atoms with Gasteiger partial charge in [-0.05, 0) is 18.8 Å². The van der Waals surface area contributed by atoms with Gasteiger partial charge in [-0.3, -0.25) is 4.40 Å². The third kappa shape index (κ3) is 2.47. The van der Waals surface area contributed by atoms with Crippen LogP contribution in [0.4, 0.5) is 0 Å². The predicted octanol–water partition coefficient (Wildman–Crippen LogP) is 2.91. The van der Waals surface area contributed by atoms with Crippen LogP contribution in [0.2, 0.25) is 5.15 Å². The smallest absolute Gasteiger partial charge is 0.260 e. The molecule has 0 bridgehead atoms. The number of aromatic nitrogens is 2. The topological polar surface area (TPSA) is 63.5 Å². The zero-order valence-corrected chi connectivity index (χ0v) is 13.4. The lowest BCUT2D eigenvalue weighted by molar-refractivity contribution is 0.310. The second-order valence-electron chi connectivity index (χ2n) is 5.25. The molecule has 0 aliphatic heterocycles. The standard InChI is InChI=1S/C12H16ClN3O2S2/c1-8-4-2-3-5-9(8)15-20(17,18)11-10(13)14-12-16(11)6-7-19-12/h6-9,15H,2-5H2,1H3. The van der Waals surface area contributed by atoms with Crippen LogP contribution in [0.15, 0.2) is 16.6 Å². The van der Waals surface area contributed by atoms with Crippen molar-refractivity contribution in [3.63, 3.8) is 0 Å². The first-order chi connectivity index (χ1) is 9.49. The van der Waals surface area contributed by atoms with E-state index in [1.54, 1.807) is 11.6 Å². The second kappa shape index (κ2) is 5.29. The van der Waals surface area contributed by atoms with Gasteiger partial charge >= 0.3 is 0 Å². The summed E-state index contributed by atoms with van der Waals surface area (Å²) in [5, 5.41) is 1.88. The maximum Gasteiger partial charge on any atom is 0.260 e. The molecule has 1 aliphatic rings. The number of thiazole rings is 1. The normalized spacial score (nSPS) is 24.3. The molecule has 0 saturated heterocycles. The quantitative estimate of drug-likeness (QED) is 0.939. The highest BCUT2D eigenvalue weighted by atomic mass is 35.5. The molecule has 1 saturated carbocycles. The highest BCUT2D eigenvalue weighted by Crippen LogP contribution is 2.28. The minimum atomic E-state index is -3.65. The number of sulfonamides is 1. The van der Waals surface area contributed by atoms with Crippen LogP contribution in [0.1, 0.15) is 32.6 Å². The Morgan fingerprint density at radius 1 is 1.45 bits per heavy atom. The molecular weight excluding hydrogens is 318 g/mol. The summed E-state index contributed by atoms with van der Waals surface area (Å²) >= 11 is 7.36. The van der Waals surface area contributed by atoms with E-state index in [0.717, 1.165) is 19.3 Å². The summed E-state index contributed by atoms with van der Waals surface area (Å²) < 4.78 is 29.5. The van der Waals surface area contributed by atoms with Crippen LogP contribution in [-0.4, -0.2) is 23.8 Å². The van der Waals surface area contributed by atoms with Crippen molar-refractivity contribution in [2.75, 3.05) is 0 Å². The van der Waals surface area contributed by atoms with Crippen LogP contribution in [0.25, 0.3) is 4.96 Å². The predicted molar refractivity (Wildman–Crippen MR) is 79.8 cm³/mol. The molecule has 1 fully saturated rings. The van der Waals surface area contributed by atoms with Crippen LogP contribution in [-0.2, 0) is 10.0 Å². The van der Waals surface area contributed by atoms with Crippen molar-refractivity contribution >= 4 is 37.9 Å². The second-order valence-corrected chi connectivity index (χ2v) is 8.11. The lowest BCUT2D eigenvalue weighted by Gasteiger charge is -2.29. The number of nitrogens with one attached hydrogen (secondary N) is 1. The molecule has 0 aromatic carbocycles. The van der Waals surface area contributed by atoms with Gasteiger partial charge in [-0.1, -0.05) is 31.4 Å². The number of imidazole rings is 1. The molecule has 8 heteroatoms. The summed E-state index contributed by atoms with van der Waals surface area (Å²) in [6.45, 7) is 2.09. The fourth-order valence-electron chi connectivity index (χ4n) is 2.73. The monoisotopic (exact) mass is 333 g/mol. The van der Waals surface area contributed by atoms with E-state index in [1.165, 1.54) is 22.2 Å². The van der Waals surface area contributed by atoms with Crippen molar-refractivity contribution in [3.8, 4) is 0 Å². The van der Waals surface area contributed by atoms with Crippen LogP contribution < -0.4 is 4.72 Å². The summed E-state index contributed by atoms with van der Waals surface area (Å²) in [5.41, 5.74) is 0. The Kier molecular flexibility index (Phi) is 3.79. The van der Waals surface area contributed by atoms with Crippen LogP contribution >= 0.6 is 22.9 Å². The van der Waals surface area contributed by atoms with E-state index in [1.807, 2.05) is 0 Å². The molecule has 2 atom stereocenters. The summed E-state index contributed by atoms with van der Waals surface area (Å²) in [6.07, 6.45) is 5.84. The van der Waals surface area contributed by atoms with Crippen molar-refractivity contribution < 1.29 is 8.42 Å². The third-order valence-corrected chi connectivity index (χ3v) is 6.50. The van der Waals surface area contributed by atoms with E-state index in [-0.39, 0.29) is 16.2 Å². The van der Waals surface area contributed by atoms with Gasteiger partial charge in [0.15, 0.2) is 15.1 Å². The van der Waals surface area contributed by atoms with Crippen molar-refractivity contribution in [2.45, 2.75) is 43.7 Å². The number of hydrogen-bond acceptors (Lipinski definition) is 4. The van der Waals surface area contributed by atoms with Gasteiger partial charge < -0.3 is 0 Å². The maximum atomic E-state index is 12.6. The zero-order chi connectivity index (χ0) is 14.3. The summed E-state index contributed by atoms with van der Waals surface area (Å²) in [5.74, 6) is 0.350. The summed E-state index contributed by atoms with van der Waals surface area (Å²) in [4.78, 5) is 4.67. The molecule has 2 heterocycles. The fourth-order valence-corrected chi connectivity index (χ4v) is 5.56. The average Bonchev–Trinajstić information content (AvgIpc) is 2.91. The third-order valence-electron chi connectivity index (χ3n) is 3.85. The minimum absolute atomic E-state index is 0.0194. The lowest BCUT2D eigenvalue weighted by atomic mass is 9.87. The first-order valence-electron chi connectivity index (χ1n) is 6.62. The first-order valence-corrected chi connectivity index (χ1v) is 9.36. The van der Waals surface area contributed by atoms with Gasteiger partial charge in [0, 0.05) is 17.6 Å². The molecule has 0 amide bonds. The van der Waals surface area contributed by atoms with Gasteiger partial charge in [-0.2, -0.15) is 0 Å². The van der Waals surface area contributed by atoms with E-state index in [2.05, 4.69) is 16.6 Å². The zero-order valence-electron chi connectivity index (χ0n) is 11.0. The largest absolute Gasteiger partial charge is 0.279 e. The Morgan fingerprint density at radius 2 is 2.20 bits per heavy atom. The van der Waals surface area contributed by atoms with Gasteiger partial charge in [0.25, 0.3) is 10.0 Å². The van der Waals surface area contributed by atoms with Gasteiger partial charge in [-0.15, -0.1) is 11.3 Å². The minimum Gasteiger partial charge on any atom is -0.279 e. The van der Waals surface area contributed by atoms with Crippen molar-refractivity contribution in [2.24, 2.45) is 5.92 Å². The summed E-state index contributed by atoms with van der Waals surface area (Å²) in [7, 11) is -3.65. The van der Waals surface area contributed by atoms with Crippen molar-refractivity contribution in [1.29, 1.82) is 0 Å². The van der Waals surface area contributed by atoms with E-state index in [9.17, 15) is 8.42 Å². The Bertz CT molecular complexity index is 722. The van der Waals surface area contributed by atoms with Gasteiger partial charge in [0.05, 0.1) is 0 Å². The van der Waals surface area contributed by atoms with E-state index in [4.69, 9.17) is 11.6 Å². The SMILES string of the molecule is CC1CCCCC1NS(=O)(=O)c1c(Cl)nc2sccn12. The van der Waals surface area contributed by atoms with E-state index < -0.39 is 10.0 Å². The van der Waals surface area contributed by atoms with Crippen molar-refractivity contribution in [1.82, 2.24) is 14.1 Å². The number of halogens is 1. The summed E-state index contributed by atoms with van der Waals surface area (Å²) in [6, 6.07) is -0.0194. The number of fused-ring (bicyclic) bond motifs is 1. The highest BCUT2D eigenvalue weighted by molar-refractivity contribution is 7.89. The number of hydrogen-bond donors (Lipinski definition) is 1. The molecule has 0 radical (unpaired) electrons. The number of nitrogens with zero attached hydrogens (tertiary/aromatic N) is 2. The van der Waals surface area contributed by atoms with E-state index >= 15 is 0 Å². The van der Waals surface area contributed by atoms with Gasteiger partial charge in [0.1, 0.15) is 0 Å². The van der Waals surface area contributed by atoms with Crippen molar-refractivity contribution in [3.05, 3.63) is 16.7 Å². The molecule has 3 rings (SSSR count). The molecular formula is C12H16ClN3O2S2. The molecule has 2 aromatic rings. The maximum absolute atomic E-state index is 12.6. The fraction of sp³-hybridized carbons (Fsp3) is 0.583. The van der Waals surface area contributed by atoms with E-state index in [0.29, 0.717) is 10.9 Å². The van der Waals surface area contributed by atoms with Gasteiger partial charge in [-0.25, -0.2) is 18.1 Å². The molecule has 110 valence electrons.